The van der Waals surface area contributed by atoms with Crippen LogP contribution in [0, 0.1) is 6.92 Å². The second-order valence-corrected chi connectivity index (χ2v) is 6.93. The predicted octanol–water partition coefficient (Wildman–Crippen LogP) is 2.98. The Labute approximate surface area is 152 Å². The number of aromatic nitrogens is 2. The van der Waals surface area contributed by atoms with Crippen molar-refractivity contribution in [2.75, 3.05) is 32.7 Å². The van der Waals surface area contributed by atoms with Crippen molar-refractivity contribution in [3.05, 3.63) is 52.9 Å². The van der Waals surface area contributed by atoms with E-state index in [0.29, 0.717) is 35.7 Å². The van der Waals surface area contributed by atoms with E-state index in [-0.39, 0.29) is 0 Å². The van der Waals surface area contributed by atoms with Crippen molar-refractivity contribution in [3.63, 3.8) is 0 Å². The SMILES string of the molecule is Cc1ccnc(CC[N+]2(c3ccc(Cl)cn3)CCN(C(=O)O)CC2)c1. The van der Waals surface area contributed by atoms with Gasteiger partial charge in [0, 0.05) is 24.4 Å². The maximum Gasteiger partial charge on any atom is 0.407 e. The Balaban J connectivity index is 1.82. The van der Waals surface area contributed by atoms with Gasteiger partial charge in [0.2, 0.25) is 5.82 Å². The standard InChI is InChI=1S/C18H21ClN4O2/c1-14-4-6-20-16(12-14)5-9-23(17-3-2-15(19)13-21-17)10-7-22(8-11-23)18(24)25/h2-4,6,12-13H,5,7-11H2,1H3/p+1. The number of amides is 1. The molecule has 1 N–H and O–H groups in total. The van der Waals surface area contributed by atoms with Crippen LogP contribution in [0.4, 0.5) is 10.6 Å². The summed E-state index contributed by atoms with van der Waals surface area (Å²) in [5, 5.41) is 9.83. The van der Waals surface area contributed by atoms with Gasteiger partial charge in [0.15, 0.2) is 0 Å². The van der Waals surface area contributed by atoms with E-state index < -0.39 is 6.09 Å². The van der Waals surface area contributed by atoms with Crippen molar-refractivity contribution >= 4 is 23.5 Å². The Morgan fingerprint density at radius 1 is 1.28 bits per heavy atom. The first-order valence-electron chi connectivity index (χ1n) is 8.36. The molecule has 7 heteroatoms. The third-order valence-electron chi connectivity index (χ3n) is 4.83. The molecule has 1 aliphatic rings. The van der Waals surface area contributed by atoms with Gasteiger partial charge in [0.1, 0.15) is 13.1 Å². The molecular formula is C18H22ClN4O2+. The second-order valence-electron chi connectivity index (χ2n) is 6.49. The first-order valence-corrected chi connectivity index (χ1v) is 8.74. The number of nitrogens with zero attached hydrogens (tertiary/aromatic N) is 4. The van der Waals surface area contributed by atoms with E-state index in [1.165, 1.54) is 10.5 Å². The van der Waals surface area contributed by atoms with Crippen LogP contribution in [0.3, 0.4) is 0 Å². The molecule has 3 rings (SSSR count). The summed E-state index contributed by atoms with van der Waals surface area (Å²) in [7, 11) is 0. The van der Waals surface area contributed by atoms with Gasteiger partial charge in [-0.1, -0.05) is 11.6 Å². The molecule has 1 amide bonds. The van der Waals surface area contributed by atoms with Crippen LogP contribution in [0.5, 0.6) is 0 Å². The fourth-order valence-electron chi connectivity index (χ4n) is 3.32. The lowest BCUT2D eigenvalue weighted by atomic mass is 10.1. The molecule has 0 bridgehead atoms. The van der Waals surface area contributed by atoms with Crippen LogP contribution in [-0.4, -0.2) is 58.8 Å². The second kappa shape index (κ2) is 7.37. The number of halogens is 1. The van der Waals surface area contributed by atoms with Gasteiger partial charge in [-0.05, 0) is 30.7 Å². The zero-order valence-corrected chi connectivity index (χ0v) is 15.0. The highest BCUT2D eigenvalue weighted by atomic mass is 35.5. The minimum absolute atomic E-state index is 0.501. The van der Waals surface area contributed by atoms with Gasteiger partial charge in [-0.3, -0.25) is 14.4 Å². The topological polar surface area (TPSA) is 66.3 Å². The molecule has 1 saturated heterocycles. The molecule has 2 aromatic rings. The molecule has 1 fully saturated rings. The fourth-order valence-corrected chi connectivity index (χ4v) is 3.43. The highest BCUT2D eigenvalue weighted by Gasteiger charge is 2.37. The van der Waals surface area contributed by atoms with Gasteiger partial charge < -0.3 is 5.11 Å². The molecule has 0 unspecified atom stereocenters. The number of rotatable bonds is 4. The molecule has 132 valence electrons. The number of piperazine rings is 1. The monoisotopic (exact) mass is 361 g/mol. The quantitative estimate of drug-likeness (QED) is 0.850. The number of carboxylic acid groups (broad SMARTS) is 1. The summed E-state index contributed by atoms with van der Waals surface area (Å²) < 4.78 is 0.649. The maximum absolute atomic E-state index is 11.2. The molecule has 0 spiro atoms. The summed E-state index contributed by atoms with van der Waals surface area (Å²) in [6.07, 6.45) is 3.45. The van der Waals surface area contributed by atoms with Crippen LogP contribution in [-0.2, 0) is 6.42 Å². The van der Waals surface area contributed by atoms with E-state index in [9.17, 15) is 9.90 Å². The summed E-state index contributed by atoms with van der Waals surface area (Å²) in [4.78, 5) is 21.7. The molecular weight excluding hydrogens is 340 g/mol. The summed E-state index contributed by atoms with van der Waals surface area (Å²) in [6.45, 7) is 5.29. The summed E-state index contributed by atoms with van der Waals surface area (Å²) in [6, 6.07) is 7.88. The Bertz CT molecular complexity index is 743. The van der Waals surface area contributed by atoms with Gasteiger partial charge in [-0.25, -0.2) is 9.78 Å². The average molecular weight is 362 g/mol. The van der Waals surface area contributed by atoms with Crippen LogP contribution < -0.4 is 4.48 Å². The van der Waals surface area contributed by atoms with Gasteiger partial charge in [0.25, 0.3) is 0 Å². The van der Waals surface area contributed by atoms with Crippen LogP contribution >= 0.6 is 11.6 Å². The van der Waals surface area contributed by atoms with Crippen LogP contribution in [0.25, 0.3) is 0 Å². The van der Waals surface area contributed by atoms with Crippen molar-refractivity contribution in [2.45, 2.75) is 13.3 Å². The van der Waals surface area contributed by atoms with E-state index in [2.05, 4.69) is 23.0 Å². The maximum atomic E-state index is 11.2. The minimum atomic E-state index is -0.859. The first kappa shape index (κ1) is 17.6. The third-order valence-corrected chi connectivity index (χ3v) is 5.06. The number of hydrogen-bond donors (Lipinski definition) is 1. The summed E-state index contributed by atoms with van der Waals surface area (Å²) in [5.74, 6) is 0.932. The smallest absolute Gasteiger partial charge is 0.407 e. The first-order chi connectivity index (χ1) is 12.0. The average Bonchev–Trinajstić information content (AvgIpc) is 2.61. The molecule has 0 radical (unpaired) electrons. The molecule has 1 aliphatic heterocycles. The Morgan fingerprint density at radius 3 is 2.64 bits per heavy atom. The van der Waals surface area contributed by atoms with Crippen LogP contribution in [0.2, 0.25) is 5.02 Å². The normalized spacial score (nSPS) is 16.6. The predicted molar refractivity (Wildman–Crippen MR) is 97.9 cm³/mol. The molecule has 0 atom stereocenters. The largest absolute Gasteiger partial charge is 0.465 e. The number of pyridine rings is 2. The van der Waals surface area contributed by atoms with E-state index in [4.69, 9.17) is 11.6 Å². The Hall–Kier alpha value is -2.18. The summed E-state index contributed by atoms with van der Waals surface area (Å²) >= 11 is 5.99. The number of carbonyl (C=O) groups is 1. The van der Waals surface area contributed by atoms with E-state index in [1.807, 2.05) is 24.4 Å². The lowest BCUT2D eigenvalue weighted by Crippen LogP contribution is -2.62. The van der Waals surface area contributed by atoms with E-state index >= 15 is 0 Å². The number of hydrogen-bond acceptors (Lipinski definition) is 3. The zero-order valence-electron chi connectivity index (χ0n) is 14.2. The van der Waals surface area contributed by atoms with Crippen LogP contribution in [0.1, 0.15) is 11.3 Å². The molecule has 2 aromatic heterocycles. The molecule has 0 saturated carbocycles. The van der Waals surface area contributed by atoms with Gasteiger partial charge >= 0.3 is 6.09 Å². The molecule has 25 heavy (non-hydrogen) atoms. The number of quaternary nitrogens is 1. The lowest BCUT2D eigenvalue weighted by molar-refractivity contribution is 0.106. The molecule has 0 aliphatic carbocycles. The molecule has 3 heterocycles. The van der Waals surface area contributed by atoms with Crippen LogP contribution in [0.15, 0.2) is 36.7 Å². The Kier molecular flexibility index (Phi) is 5.20. The molecule has 0 aromatic carbocycles. The van der Waals surface area contributed by atoms with E-state index in [1.54, 1.807) is 6.20 Å². The lowest BCUT2D eigenvalue weighted by Gasteiger charge is -2.42. The van der Waals surface area contributed by atoms with E-state index in [0.717, 1.165) is 24.5 Å². The van der Waals surface area contributed by atoms with Gasteiger partial charge in [-0.2, -0.15) is 0 Å². The third kappa shape index (κ3) is 4.08. The van der Waals surface area contributed by atoms with Crippen molar-refractivity contribution in [1.82, 2.24) is 19.4 Å². The van der Waals surface area contributed by atoms with Crippen molar-refractivity contribution < 1.29 is 9.90 Å². The zero-order chi connectivity index (χ0) is 17.9. The highest BCUT2D eigenvalue weighted by molar-refractivity contribution is 6.30. The highest BCUT2D eigenvalue weighted by Crippen LogP contribution is 2.25. The number of aryl methyl sites for hydroxylation is 1. The van der Waals surface area contributed by atoms with Crippen molar-refractivity contribution in [3.8, 4) is 0 Å². The van der Waals surface area contributed by atoms with Gasteiger partial charge in [-0.15, -0.1) is 0 Å². The Morgan fingerprint density at radius 2 is 2.04 bits per heavy atom. The van der Waals surface area contributed by atoms with Gasteiger partial charge in [0.05, 0.1) is 30.9 Å². The summed E-state index contributed by atoms with van der Waals surface area (Å²) in [5.41, 5.74) is 2.24. The van der Waals surface area contributed by atoms with Crippen molar-refractivity contribution in [1.29, 1.82) is 0 Å². The minimum Gasteiger partial charge on any atom is -0.465 e. The molecule has 6 nitrogen and oxygen atoms in total. The fraction of sp³-hybridized carbons (Fsp3) is 0.389. The van der Waals surface area contributed by atoms with Crippen molar-refractivity contribution in [2.24, 2.45) is 0 Å².